The molecule has 5 nitrogen and oxygen atoms in total. The first-order valence-electron chi connectivity index (χ1n) is 12.3. The van der Waals surface area contributed by atoms with Crippen molar-refractivity contribution in [3.05, 3.63) is 125 Å². The molecule has 0 spiro atoms. The van der Waals surface area contributed by atoms with Crippen LogP contribution in [0.4, 0.5) is 4.39 Å². The molecule has 0 atom stereocenters. The number of halogens is 1. The molecule has 3 aromatic carbocycles. The number of hydrogen-bond acceptors (Lipinski definition) is 4. The van der Waals surface area contributed by atoms with Crippen molar-refractivity contribution in [2.75, 3.05) is 6.54 Å². The van der Waals surface area contributed by atoms with Gasteiger partial charge in [0.25, 0.3) is 5.91 Å². The van der Waals surface area contributed by atoms with Crippen LogP contribution in [0.1, 0.15) is 32.6 Å². The molecule has 1 aliphatic heterocycles. The molecule has 0 unspecified atom stereocenters. The lowest BCUT2D eigenvalue weighted by Gasteiger charge is -2.29. The molecule has 0 bridgehead atoms. The van der Waals surface area contributed by atoms with Crippen molar-refractivity contribution in [3.63, 3.8) is 0 Å². The fourth-order valence-corrected chi connectivity index (χ4v) is 5.70. The quantitative estimate of drug-likeness (QED) is 0.260. The van der Waals surface area contributed by atoms with Gasteiger partial charge in [0.1, 0.15) is 5.82 Å². The average molecular weight is 509 g/mol. The van der Waals surface area contributed by atoms with Crippen LogP contribution in [0, 0.1) is 5.82 Å². The maximum Gasteiger partial charge on any atom is 0.254 e. The molecule has 0 saturated carbocycles. The van der Waals surface area contributed by atoms with Crippen molar-refractivity contribution >= 4 is 28.7 Å². The molecule has 0 aliphatic carbocycles. The minimum Gasteiger partial charge on any atom is -0.334 e. The van der Waals surface area contributed by atoms with Gasteiger partial charge in [-0.15, -0.1) is 0 Å². The summed E-state index contributed by atoms with van der Waals surface area (Å²) in [6.07, 6.45) is 4.45. The van der Waals surface area contributed by atoms with Gasteiger partial charge in [0.2, 0.25) is 0 Å². The second-order valence-electron chi connectivity index (χ2n) is 9.20. The monoisotopic (exact) mass is 508 g/mol. The van der Waals surface area contributed by atoms with Gasteiger partial charge in [-0.2, -0.15) is 0 Å². The third-order valence-corrected chi connectivity index (χ3v) is 7.80. The van der Waals surface area contributed by atoms with Crippen LogP contribution in [-0.4, -0.2) is 31.9 Å². The van der Waals surface area contributed by atoms with E-state index >= 15 is 0 Å². The van der Waals surface area contributed by atoms with Crippen LogP contribution < -0.4 is 0 Å². The van der Waals surface area contributed by atoms with Crippen molar-refractivity contribution in [1.29, 1.82) is 0 Å². The lowest BCUT2D eigenvalue weighted by atomic mass is 9.99. The number of benzene rings is 3. The lowest BCUT2D eigenvalue weighted by molar-refractivity contribution is 0.0734. The van der Waals surface area contributed by atoms with E-state index in [2.05, 4.69) is 27.8 Å². The normalized spacial score (nSPS) is 13.1. The summed E-state index contributed by atoms with van der Waals surface area (Å²) in [4.78, 5) is 24.1. The molecule has 0 radical (unpaired) electrons. The van der Waals surface area contributed by atoms with Gasteiger partial charge in [-0.25, -0.2) is 9.37 Å². The van der Waals surface area contributed by atoms with Crippen LogP contribution in [0.5, 0.6) is 0 Å². The van der Waals surface area contributed by atoms with E-state index in [0.29, 0.717) is 24.4 Å². The number of imidazole rings is 1. The van der Waals surface area contributed by atoms with E-state index in [0.717, 1.165) is 40.3 Å². The van der Waals surface area contributed by atoms with Crippen LogP contribution in [0.3, 0.4) is 0 Å². The number of hydrogen-bond donors (Lipinski definition) is 0. The summed E-state index contributed by atoms with van der Waals surface area (Å²) in [5, 5.41) is 0.874. The first-order chi connectivity index (χ1) is 18.1. The third-order valence-electron chi connectivity index (χ3n) is 6.76. The molecule has 184 valence electrons. The SMILES string of the molecule is O=C(c1ccc(CSc2nc3ccncc3n2Cc2ccc(F)cc2)cc1)N1CCc2ccccc2C1. The molecule has 1 aliphatic rings. The van der Waals surface area contributed by atoms with E-state index < -0.39 is 0 Å². The number of fused-ring (bicyclic) bond motifs is 2. The Morgan fingerprint density at radius 1 is 0.919 bits per heavy atom. The predicted molar refractivity (Wildman–Crippen MR) is 144 cm³/mol. The number of rotatable bonds is 6. The van der Waals surface area contributed by atoms with Gasteiger partial charge in [0.15, 0.2) is 5.16 Å². The molecule has 2 aromatic heterocycles. The Hall–Kier alpha value is -3.97. The van der Waals surface area contributed by atoms with Crippen LogP contribution in [0.15, 0.2) is 96.4 Å². The van der Waals surface area contributed by atoms with Gasteiger partial charge >= 0.3 is 0 Å². The van der Waals surface area contributed by atoms with Gasteiger partial charge in [-0.05, 0) is 59.0 Å². The van der Waals surface area contributed by atoms with Gasteiger partial charge in [-0.1, -0.05) is 60.3 Å². The van der Waals surface area contributed by atoms with Gasteiger partial charge in [0.05, 0.1) is 23.8 Å². The first kappa shape index (κ1) is 23.4. The summed E-state index contributed by atoms with van der Waals surface area (Å²) in [7, 11) is 0. The standard InChI is InChI=1S/C30H25FN4OS/c31-26-11-7-21(8-12-26)18-35-28-17-32-15-13-27(28)33-30(35)37-20-22-5-9-24(10-6-22)29(36)34-16-14-23-3-1-2-4-25(23)19-34/h1-13,15,17H,14,16,18-20H2. The molecule has 6 rings (SSSR count). The summed E-state index contributed by atoms with van der Waals surface area (Å²) in [5.74, 6) is 0.538. The number of aromatic nitrogens is 3. The van der Waals surface area contributed by atoms with Gasteiger partial charge in [-0.3, -0.25) is 9.78 Å². The topological polar surface area (TPSA) is 51.0 Å². The fourth-order valence-electron chi connectivity index (χ4n) is 4.73. The Morgan fingerprint density at radius 2 is 1.68 bits per heavy atom. The van der Waals surface area contributed by atoms with Crippen molar-refractivity contribution < 1.29 is 9.18 Å². The van der Waals surface area contributed by atoms with Crippen LogP contribution in [0.25, 0.3) is 11.0 Å². The molecular formula is C30H25FN4OS. The van der Waals surface area contributed by atoms with Crippen molar-refractivity contribution in [2.45, 2.75) is 30.4 Å². The summed E-state index contributed by atoms with van der Waals surface area (Å²) in [6, 6.07) is 24.7. The van der Waals surface area contributed by atoms with E-state index in [1.165, 1.54) is 23.3 Å². The highest BCUT2D eigenvalue weighted by atomic mass is 32.2. The maximum atomic E-state index is 13.4. The second kappa shape index (κ2) is 10.2. The summed E-state index contributed by atoms with van der Waals surface area (Å²) in [5.41, 5.74) is 7.21. The largest absolute Gasteiger partial charge is 0.334 e. The van der Waals surface area contributed by atoms with Crippen molar-refractivity contribution in [1.82, 2.24) is 19.4 Å². The smallest absolute Gasteiger partial charge is 0.254 e. The number of carbonyl (C=O) groups is 1. The minimum atomic E-state index is -0.248. The van der Waals surface area contributed by atoms with E-state index in [-0.39, 0.29) is 11.7 Å². The van der Waals surface area contributed by atoms with Crippen LogP contribution in [0.2, 0.25) is 0 Å². The molecule has 37 heavy (non-hydrogen) atoms. The highest BCUT2D eigenvalue weighted by Gasteiger charge is 2.21. The number of amides is 1. The highest BCUT2D eigenvalue weighted by molar-refractivity contribution is 7.98. The Balaban J connectivity index is 1.16. The molecular weight excluding hydrogens is 483 g/mol. The number of thioether (sulfide) groups is 1. The van der Waals surface area contributed by atoms with E-state index in [1.54, 1.807) is 30.1 Å². The van der Waals surface area contributed by atoms with Crippen molar-refractivity contribution in [3.8, 4) is 0 Å². The van der Waals surface area contributed by atoms with Crippen LogP contribution in [-0.2, 0) is 25.3 Å². The zero-order valence-electron chi connectivity index (χ0n) is 20.2. The Bertz CT molecular complexity index is 1560. The number of nitrogens with zero attached hydrogens (tertiary/aromatic N) is 4. The van der Waals surface area contributed by atoms with E-state index in [1.807, 2.05) is 47.5 Å². The summed E-state index contributed by atoms with van der Waals surface area (Å²) < 4.78 is 15.5. The molecule has 1 amide bonds. The molecule has 0 saturated heterocycles. The first-order valence-corrected chi connectivity index (χ1v) is 13.2. The minimum absolute atomic E-state index is 0.0716. The Morgan fingerprint density at radius 3 is 2.49 bits per heavy atom. The van der Waals surface area contributed by atoms with Crippen LogP contribution >= 0.6 is 11.8 Å². The van der Waals surface area contributed by atoms with Crippen molar-refractivity contribution in [2.24, 2.45) is 0 Å². The van der Waals surface area contributed by atoms with Gasteiger partial charge < -0.3 is 9.47 Å². The molecule has 0 N–H and O–H groups in total. The second-order valence-corrected chi connectivity index (χ2v) is 10.1. The highest BCUT2D eigenvalue weighted by Crippen LogP contribution is 2.28. The van der Waals surface area contributed by atoms with E-state index in [9.17, 15) is 9.18 Å². The predicted octanol–water partition coefficient (Wildman–Crippen LogP) is 6.11. The number of pyridine rings is 1. The molecule has 5 aromatic rings. The van der Waals surface area contributed by atoms with Gasteiger partial charge in [0, 0.05) is 30.6 Å². The fraction of sp³-hybridized carbons (Fsp3) is 0.167. The molecule has 0 fully saturated rings. The Labute approximate surface area is 219 Å². The summed E-state index contributed by atoms with van der Waals surface area (Å²) in [6.45, 7) is 1.98. The Kier molecular flexibility index (Phi) is 6.45. The molecule has 7 heteroatoms. The number of carbonyl (C=O) groups excluding carboxylic acids is 1. The average Bonchev–Trinajstić information content (AvgIpc) is 3.30. The summed E-state index contributed by atoms with van der Waals surface area (Å²) >= 11 is 1.64. The molecule has 3 heterocycles. The maximum absolute atomic E-state index is 13.4. The lowest BCUT2D eigenvalue weighted by Crippen LogP contribution is -2.35. The van der Waals surface area contributed by atoms with E-state index in [4.69, 9.17) is 4.98 Å². The third kappa shape index (κ3) is 5.00. The zero-order valence-corrected chi connectivity index (χ0v) is 21.0. The zero-order chi connectivity index (χ0) is 25.2.